The van der Waals surface area contributed by atoms with Crippen LogP contribution in [0.15, 0.2) is 28.8 Å². The van der Waals surface area contributed by atoms with Crippen molar-refractivity contribution in [1.82, 2.24) is 0 Å². The second-order valence-corrected chi connectivity index (χ2v) is 3.58. The number of aryl methyl sites for hydroxylation is 1. The van der Waals surface area contributed by atoms with Crippen LogP contribution < -0.4 is 5.32 Å². The molecule has 0 aliphatic heterocycles. The first-order valence-corrected chi connectivity index (χ1v) is 4.89. The number of nitrogens with one attached hydrogen (secondary N) is 1. The molecule has 76 valence electrons. The van der Waals surface area contributed by atoms with Crippen molar-refractivity contribution >= 4 is 28.9 Å². The summed E-state index contributed by atoms with van der Waals surface area (Å²) >= 11 is 11.1. The van der Waals surface area contributed by atoms with Crippen molar-refractivity contribution in [1.29, 1.82) is 0 Å². The summed E-state index contributed by atoms with van der Waals surface area (Å²) in [6, 6.07) is 4.78. The van der Waals surface area contributed by atoms with E-state index in [4.69, 9.17) is 23.2 Å². The SMILES string of the molecule is Cc1cc(NCC(Cl)=CCl)ccc1F. The molecule has 14 heavy (non-hydrogen) atoms. The molecular weight excluding hydrogens is 224 g/mol. The molecule has 0 unspecified atom stereocenters. The fourth-order valence-corrected chi connectivity index (χ4v) is 1.12. The summed E-state index contributed by atoms with van der Waals surface area (Å²) in [5, 5.41) is 3.52. The second-order valence-electron chi connectivity index (χ2n) is 2.87. The Bertz CT molecular complexity index is 350. The fourth-order valence-electron chi connectivity index (χ4n) is 0.980. The predicted octanol–water partition coefficient (Wildman–Crippen LogP) is 3.87. The molecule has 0 atom stereocenters. The third kappa shape index (κ3) is 3.20. The standard InChI is InChI=1S/C10H10Cl2FN/c1-7-4-9(2-3-10(7)13)14-6-8(12)5-11/h2-5,14H,6H2,1H3. The van der Waals surface area contributed by atoms with Crippen LogP contribution >= 0.6 is 23.2 Å². The van der Waals surface area contributed by atoms with Crippen molar-refractivity contribution in [2.75, 3.05) is 11.9 Å². The van der Waals surface area contributed by atoms with Gasteiger partial charge in [-0.3, -0.25) is 0 Å². The minimum absolute atomic E-state index is 0.213. The number of hydrogen-bond donors (Lipinski definition) is 1. The Labute approximate surface area is 92.5 Å². The molecule has 0 spiro atoms. The van der Waals surface area contributed by atoms with Crippen LogP contribution in [-0.4, -0.2) is 6.54 Å². The van der Waals surface area contributed by atoms with Gasteiger partial charge in [0.15, 0.2) is 0 Å². The lowest BCUT2D eigenvalue weighted by molar-refractivity contribution is 0.619. The highest BCUT2D eigenvalue weighted by Gasteiger charge is 1.98. The lowest BCUT2D eigenvalue weighted by atomic mass is 10.2. The van der Waals surface area contributed by atoms with Gasteiger partial charge in [0, 0.05) is 16.3 Å². The average molecular weight is 234 g/mol. The van der Waals surface area contributed by atoms with Crippen LogP contribution in [0.4, 0.5) is 10.1 Å². The molecule has 0 saturated heterocycles. The maximum atomic E-state index is 12.9. The molecular formula is C10H10Cl2FN. The van der Waals surface area contributed by atoms with Gasteiger partial charge < -0.3 is 5.32 Å². The Morgan fingerprint density at radius 2 is 2.29 bits per heavy atom. The number of halogens is 3. The molecule has 1 rings (SSSR count). The maximum Gasteiger partial charge on any atom is 0.126 e. The van der Waals surface area contributed by atoms with Gasteiger partial charge in [-0.2, -0.15) is 0 Å². The Hall–Kier alpha value is -0.730. The van der Waals surface area contributed by atoms with Gasteiger partial charge in [-0.25, -0.2) is 4.39 Å². The molecule has 1 nitrogen and oxygen atoms in total. The molecule has 0 bridgehead atoms. The van der Waals surface area contributed by atoms with Crippen molar-refractivity contribution in [3.8, 4) is 0 Å². The van der Waals surface area contributed by atoms with E-state index in [0.717, 1.165) is 5.69 Å². The third-order valence-corrected chi connectivity index (χ3v) is 2.36. The van der Waals surface area contributed by atoms with Gasteiger partial charge in [-0.15, -0.1) is 0 Å². The minimum Gasteiger partial charge on any atom is -0.380 e. The number of hydrogen-bond acceptors (Lipinski definition) is 1. The Kier molecular flexibility index (Phi) is 4.23. The van der Waals surface area contributed by atoms with E-state index in [-0.39, 0.29) is 5.82 Å². The molecule has 1 aromatic rings. The molecule has 0 saturated carbocycles. The van der Waals surface area contributed by atoms with E-state index in [1.54, 1.807) is 19.1 Å². The van der Waals surface area contributed by atoms with Crippen LogP contribution in [0.1, 0.15) is 5.56 Å². The molecule has 1 aromatic carbocycles. The summed E-state index contributed by atoms with van der Waals surface area (Å²) in [7, 11) is 0. The lowest BCUT2D eigenvalue weighted by Crippen LogP contribution is -2.01. The normalized spacial score (nSPS) is 11.6. The van der Waals surface area contributed by atoms with E-state index >= 15 is 0 Å². The number of anilines is 1. The van der Waals surface area contributed by atoms with E-state index < -0.39 is 0 Å². The van der Waals surface area contributed by atoms with Crippen LogP contribution in [0.2, 0.25) is 0 Å². The monoisotopic (exact) mass is 233 g/mol. The molecule has 0 aliphatic rings. The van der Waals surface area contributed by atoms with Crippen LogP contribution in [0.5, 0.6) is 0 Å². The lowest BCUT2D eigenvalue weighted by Gasteiger charge is -2.06. The highest BCUT2D eigenvalue weighted by Crippen LogP contribution is 2.14. The third-order valence-electron chi connectivity index (χ3n) is 1.74. The van der Waals surface area contributed by atoms with Crippen molar-refractivity contribution < 1.29 is 4.39 Å². The highest BCUT2D eigenvalue weighted by molar-refractivity contribution is 6.36. The average Bonchev–Trinajstić information content (AvgIpc) is 2.19. The molecule has 0 fully saturated rings. The number of benzene rings is 1. The Balaban J connectivity index is 2.64. The van der Waals surface area contributed by atoms with Crippen LogP contribution in [0.25, 0.3) is 0 Å². The molecule has 0 radical (unpaired) electrons. The zero-order chi connectivity index (χ0) is 10.6. The molecule has 1 N–H and O–H groups in total. The summed E-state index contributed by atoms with van der Waals surface area (Å²) in [4.78, 5) is 0. The Morgan fingerprint density at radius 3 is 2.86 bits per heavy atom. The fraction of sp³-hybridized carbons (Fsp3) is 0.200. The molecule has 0 aromatic heterocycles. The van der Waals surface area contributed by atoms with Crippen molar-refractivity contribution in [2.24, 2.45) is 0 Å². The van der Waals surface area contributed by atoms with Gasteiger partial charge in [0.2, 0.25) is 0 Å². The van der Waals surface area contributed by atoms with Gasteiger partial charge in [0.05, 0.1) is 6.54 Å². The van der Waals surface area contributed by atoms with Gasteiger partial charge in [-0.1, -0.05) is 23.2 Å². The van der Waals surface area contributed by atoms with Crippen molar-refractivity contribution in [3.63, 3.8) is 0 Å². The van der Waals surface area contributed by atoms with E-state index in [1.165, 1.54) is 11.6 Å². The number of rotatable bonds is 3. The van der Waals surface area contributed by atoms with Crippen LogP contribution in [-0.2, 0) is 0 Å². The molecule has 0 aliphatic carbocycles. The van der Waals surface area contributed by atoms with E-state index in [2.05, 4.69) is 5.32 Å². The van der Waals surface area contributed by atoms with E-state index in [1.807, 2.05) is 0 Å². The summed E-state index contributed by atoms with van der Waals surface area (Å²) in [5.74, 6) is -0.213. The van der Waals surface area contributed by atoms with Gasteiger partial charge in [-0.05, 0) is 30.7 Å². The van der Waals surface area contributed by atoms with Crippen molar-refractivity contribution in [3.05, 3.63) is 40.1 Å². The minimum atomic E-state index is -0.213. The maximum absolute atomic E-state index is 12.9. The summed E-state index contributed by atoms with van der Waals surface area (Å²) in [5.41, 5.74) is 2.71. The zero-order valence-corrected chi connectivity index (χ0v) is 9.16. The summed E-state index contributed by atoms with van der Waals surface area (Å²) in [6.45, 7) is 2.15. The van der Waals surface area contributed by atoms with E-state index in [0.29, 0.717) is 17.1 Å². The van der Waals surface area contributed by atoms with E-state index in [9.17, 15) is 4.39 Å². The first-order chi connectivity index (χ1) is 6.63. The topological polar surface area (TPSA) is 12.0 Å². The highest BCUT2D eigenvalue weighted by atomic mass is 35.5. The Morgan fingerprint density at radius 1 is 1.57 bits per heavy atom. The predicted molar refractivity (Wildman–Crippen MR) is 59.4 cm³/mol. The van der Waals surface area contributed by atoms with Gasteiger partial charge in [0.1, 0.15) is 5.82 Å². The molecule has 4 heteroatoms. The van der Waals surface area contributed by atoms with Gasteiger partial charge in [0.25, 0.3) is 0 Å². The summed E-state index contributed by atoms with van der Waals surface area (Å²) < 4.78 is 12.9. The molecule has 0 heterocycles. The quantitative estimate of drug-likeness (QED) is 0.837. The summed E-state index contributed by atoms with van der Waals surface area (Å²) in [6.07, 6.45) is 0. The van der Waals surface area contributed by atoms with Gasteiger partial charge >= 0.3 is 0 Å². The van der Waals surface area contributed by atoms with Crippen LogP contribution in [0, 0.1) is 12.7 Å². The zero-order valence-electron chi connectivity index (χ0n) is 7.65. The largest absolute Gasteiger partial charge is 0.380 e. The second kappa shape index (κ2) is 5.23. The smallest absolute Gasteiger partial charge is 0.126 e. The van der Waals surface area contributed by atoms with Crippen LogP contribution in [0.3, 0.4) is 0 Å². The first kappa shape index (κ1) is 11.3. The first-order valence-electron chi connectivity index (χ1n) is 4.08. The van der Waals surface area contributed by atoms with Crippen molar-refractivity contribution in [2.45, 2.75) is 6.92 Å². The molecule has 0 amide bonds.